The second kappa shape index (κ2) is 58.9. The number of nitrogens with one attached hydrogen (secondary N) is 1. The van der Waals surface area contributed by atoms with Gasteiger partial charge in [-0.25, -0.2) is 0 Å². The fourth-order valence-electron chi connectivity index (χ4n) is 10.6. The van der Waals surface area contributed by atoms with Gasteiger partial charge >= 0.3 is 0 Å². The van der Waals surface area contributed by atoms with Gasteiger partial charge in [0.25, 0.3) is 0 Å². The summed E-state index contributed by atoms with van der Waals surface area (Å²) in [7, 11) is 0. The van der Waals surface area contributed by atoms with Crippen LogP contribution in [0.2, 0.25) is 0 Å². The maximum atomic E-state index is 12.6. The van der Waals surface area contributed by atoms with E-state index in [0.29, 0.717) is 12.8 Å². The molecule has 0 saturated carbocycles. The Bertz CT molecular complexity index is 929. The van der Waals surface area contributed by atoms with E-state index in [-0.39, 0.29) is 6.61 Å². The Morgan fingerprint density at radius 1 is 0.294 bits per heavy atom. The molecule has 4 N–H and O–H groups in total. The molecule has 5 heteroatoms. The van der Waals surface area contributed by atoms with Crippen molar-refractivity contribution < 1.29 is 20.1 Å². The molecule has 0 heterocycles. The first-order valence-electron chi connectivity index (χ1n) is 31.8. The van der Waals surface area contributed by atoms with Crippen LogP contribution in [-0.4, -0.2) is 46.1 Å². The number of aliphatic hydroxyl groups is 3. The van der Waals surface area contributed by atoms with Gasteiger partial charge in [-0.2, -0.15) is 0 Å². The smallest absolute Gasteiger partial charge is 0.249 e. The minimum absolute atomic E-state index is 0.307. The van der Waals surface area contributed by atoms with Crippen molar-refractivity contribution in [2.75, 3.05) is 6.61 Å². The summed E-state index contributed by atoms with van der Waals surface area (Å²) in [4.78, 5) is 12.6. The molecule has 0 aromatic rings. The van der Waals surface area contributed by atoms with E-state index in [0.717, 1.165) is 32.1 Å². The maximum absolute atomic E-state index is 12.6. The van der Waals surface area contributed by atoms with Crippen molar-refractivity contribution in [3.05, 3.63) is 0 Å². The number of hydrogen-bond acceptors (Lipinski definition) is 4. The summed E-state index contributed by atoms with van der Waals surface area (Å²) in [6.45, 7) is 4.29. The molecule has 0 radical (unpaired) electrons. The Labute approximate surface area is 427 Å². The predicted molar refractivity (Wildman–Crippen MR) is 301 cm³/mol. The third-order valence-electron chi connectivity index (χ3n) is 15.5. The molecule has 0 aromatic heterocycles. The first-order chi connectivity index (χ1) is 33.6. The monoisotopic (exact) mass is 962 g/mol. The molecule has 0 aliphatic heterocycles. The average molecular weight is 963 g/mol. The lowest BCUT2D eigenvalue weighted by atomic mass is 10.0. The van der Waals surface area contributed by atoms with Crippen LogP contribution in [0.25, 0.3) is 0 Å². The number of rotatable bonds is 60. The van der Waals surface area contributed by atoms with Crippen LogP contribution in [-0.2, 0) is 4.79 Å². The number of carbonyl (C=O) groups is 1. The van der Waals surface area contributed by atoms with E-state index in [2.05, 4.69) is 19.2 Å². The van der Waals surface area contributed by atoms with Crippen molar-refractivity contribution in [2.45, 2.75) is 392 Å². The zero-order valence-electron chi connectivity index (χ0n) is 46.8. The van der Waals surface area contributed by atoms with Crippen LogP contribution in [0.3, 0.4) is 0 Å². The highest BCUT2D eigenvalue weighted by molar-refractivity contribution is 5.80. The summed E-state index contributed by atoms with van der Waals surface area (Å²) in [6, 6.07) is -0.708. The lowest BCUT2D eigenvalue weighted by Gasteiger charge is -2.23. The lowest BCUT2D eigenvalue weighted by Crippen LogP contribution is -2.49. The molecule has 0 rings (SSSR count). The van der Waals surface area contributed by atoms with Crippen LogP contribution in [0, 0.1) is 0 Å². The molecule has 0 aliphatic rings. The highest BCUT2D eigenvalue weighted by Crippen LogP contribution is 2.19. The second-order valence-electron chi connectivity index (χ2n) is 22.3. The zero-order valence-corrected chi connectivity index (χ0v) is 46.8. The van der Waals surface area contributed by atoms with Crippen LogP contribution >= 0.6 is 0 Å². The Balaban J connectivity index is 3.44. The summed E-state index contributed by atoms with van der Waals surface area (Å²) in [5, 5.41) is 33.7. The van der Waals surface area contributed by atoms with Crippen LogP contribution in [0.4, 0.5) is 0 Å². The summed E-state index contributed by atoms with van der Waals surface area (Å²) < 4.78 is 0. The van der Waals surface area contributed by atoms with Gasteiger partial charge in [-0.1, -0.05) is 361 Å². The molecule has 0 spiro atoms. The Morgan fingerprint density at radius 2 is 0.471 bits per heavy atom. The Kier molecular flexibility index (Phi) is 58.4. The molecule has 408 valence electrons. The largest absolute Gasteiger partial charge is 0.394 e. The Hall–Kier alpha value is -0.650. The number of unbranched alkanes of at least 4 members (excludes halogenated alkanes) is 52. The van der Waals surface area contributed by atoms with E-state index in [4.69, 9.17) is 0 Å². The van der Waals surface area contributed by atoms with Gasteiger partial charge < -0.3 is 20.6 Å². The van der Waals surface area contributed by atoms with Crippen LogP contribution < -0.4 is 5.32 Å². The van der Waals surface area contributed by atoms with E-state index in [1.165, 1.54) is 315 Å². The highest BCUT2D eigenvalue weighted by Gasteiger charge is 2.23. The van der Waals surface area contributed by atoms with E-state index >= 15 is 0 Å². The molecular weight excluding hydrogens is 835 g/mol. The van der Waals surface area contributed by atoms with Crippen molar-refractivity contribution in [3.8, 4) is 0 Å². The van der Waals surface area contributed by atoms with Crippen molar-refractivity contribution >= 4 is 5.91 Å². The fraction of sp³-hybridized carbons (Fsp3) is 0.984. The number of amides is 1. The summed E-state index contributed by atoms with van der Waals surface area (Å²) in [5.41, 5.74) is 0. The standard InChI is InChI=1S/C63H127NO4/c1-3-5-7-9-11-13-15-17-19-21-23-25-27-28-29-30-31-32-33-34-35-36-38-40-42-44-46-48-50-52-54-56-58-62(67)63(68)64-60(59-65)61(66)57-55-53-51-49-47-45-43-41-39-37-26-24-22-20-18-16-14-12-10-8-6-4-2/h60-62,65-67H,3-59H2,1-2H3,(H,64,68). The van der Waals surface area contributed by atoms with Crippen LogP contribution in [0.5, 0.6) is 0 Å². The minimum Gasteiger partial charge on any atom is -0.394 e. The molecule has 68 heavy (non-hydrogen) atoms. The third kappa shape index (κ3) is 53.2. The van der Waals surface area contributed by atoms with Gasteiger partial charge in [0.1, 0.15) is 6.10 Å². The van der Waals surface area contributed by atoms with Gasteiger partial charge in [-0.05, 0) is 12.8 Å². The van der Waals surface area contributed by atoms with E-state index in [1.807, 2.05) is 0 Å². The SMILES string of the molecule is CCCCCCCCCCCCCCCCCCCCCCCCCCCCCCCCCCC(O)C(=O)NC(CO)C(O)CCCCCCCCCCCCCCCCCCCCCCCC. The summed E-state index contributed by atoms with van der Waals surface area (Å²) in [5.74, 6) is -0.460. The third-order valence-corrected chi connectivity index (χ3v) is 15.5. The van der Waals surface area contributed by atoms with Gasteiger partial charge in [0.05, 0.1) is 18.8 Å². The molecule has 0 saturated heterocycles. The molecule has 3 atom stereocenters. The predicted octanol–water partition coefficient (Wildman–Crippen LogP) is 20.1. The van der Waals surface area contributed by atoms with Gasteiger partial charge in [-0.3, -0.25) is 4.79 Å². The normalized spacial score (nSPS) is 13.1. The first kappa shape index (κ1) is 67.3. The number of carbonyl (C=O) groups excluding carboxylic acids is 1. The van der Waals surface area contributed by atoms with Crippen molar-refractivity contribution in [3.63, 3.8) is 0 Å². The molecular formula is C63H127NO4. The molecule has 3 unspecified atom stereocenters. The van der Waals surface area contributed by atoms with E-state index in [1.54, 1.807) is 0 Å². The maximum Gasteiger partial charge on any atom is 0.249 e. The Morgan fingerprint density at radius 3 is 0.662 bits per heavy atom. The fourth-order valence-corrected chi connectivity index (χ4v) is 10.6. The molecule has 0 fully saturated rings. The molecule has 0 aliphatic carbocycles. The van der Waals surface area contributed by atoms with Crippen molar-refractivity contribution in [1.29, 1.82) is 0 Å². The average Bonchev–Trinajstić information content (AvgIpc) is 3.34. The summed E-state index contributed by atoms with van der Waals surface area (Å²) in [6.07, 6.45) is 73.3. The van der Waals surface area contributed by atoms with Crippen molar-refractivity contribution in [1.82, 2.24) is 5.32 Å². The molecule has 5 nitrogen and oxygen atoms in total. The lowest BCUT2D eigenvalue weighted by molar-refractivity contribution is -0.131. The number of aliphatic hydroxyl groups excluding tert-OH is 3. The topological polar surface area (TPSA) is 89.8 Å². The zero-order chi connectivity index (χ0) is 49.3. The van der Waals surface area contributed by atoms with Gasteiger partial charge in [0.15, 0.2) is 0 Å². The first-order valence-corrected chi connectivity index (χ1v) is 31.8. The highest BCUT2D eigenvalue weighted by atomic mass is 16.3. The minimum atomic E-state index is -1.07. The summed E-state index contributed by atoms with van der Waals surface area (Å²) >= 11 is 0. The van der Waals surface area contributed by atoms with E-state index in [9.17, 15) is 20.1 Å². The van der Waals surface area contributed by atoms with Crippen molar-refractivity contribution in [2.24, 2.45) is 0 Å². The molecule has 0 bridgehead atoms. The molecule has 0 aromatic carbocycles. The molecule has 1 amide bonds. The van der Waals surface area contributed by atoms with Gasteiger partial charge in [0.2, 0.25) is 5.91 Å². The second-order valence-corrected chi connectivity index (χ2v) is 22.3. The van der Waals surface area contributed by atoms with Gasteiger partial charge in [-0.15, -0.1) is 0 Å². The number of hydrogen-bond donors (Lipinski definition) is 4. The van der Waals surface area contributed by atoms with Crippen LogP contribution in [0.15, 0.2) is 0 Å². The van der Waals surface area contributed by atoms with Crippen LogP contribution in [0.1, 0.15) is 373 Å². The quantitative estimate of drug-likeness (QED) is 0.0457. The van der Waals surface area contributed by atoms with E-state index < -0.39 is 24.2 Å². The van der Waals surface area contributed by atoms with Gasteiger partial charge in [0, 0.05) is 0 Å².